The van der Waals surface area contributed by atoms with E-state index in [0.717, 1.165) is 18.9 Å². The molecule has 0 spiro atoms. The highest BCUT2D eigenvalue weighted by Crippen LogP contribution is 2.22. The van der Waals surface area contributed by atoms with Crippen LogP contribution in [0.25, 0.3) is 0 Å². The number of nitrogens with one attached hydrogen (secondary N) is 1. The van der Waals surface area contributed by atoms with E-state index in [4.69, 9.17) is 0 Å². The Kier molecular flexibility index (Phi) is 4.40. The van der Waals surface area contributed by atoms with Crippen LogP contribution in [0.2, 0.25) is 0 Å². The zero-order valence-corrected chi connectivity index (χ0v) is 10.3. The highest BCUT2D eigenvalue weighted by molar-refractivity contribution is 4.91. The average Bonchev–Trinajstić information content (AvgIpc) is 2.72. The standard InChI is InChI=1S/C13H23N3/c1-16-10-9-15-13(16)7-8-14-11-12-5-3-2-4-6-12/h9-10,12,14H,2-8,11H2,1H3. The lowest BCUT2D eigenvalue weighted by Crippen LogP contribution is -2.26. The topological polar surface area (TPSA) is 29.9 Å². The van der Waals surface area contributed by atoms with Crippen LogP contribution in [0.1, 0.15) is 37.9 Å². The first-order chi connectivity index (χ1) is 7.86. The number of imidazole rings is 1. The number of aryl methyl sites for hydroxylation is 1. The molecule has 2 rings (SSSR count). The van der Waals surface area contributed by atoms with Gasteiger partial charge in [0, 0.05) is 32.4 Å². The second-order valence-corrected chi connectivity index (χ2v) is 4.91. The zero-order chi connectivity index (χ0) is 11.2. The van der Waals surface area contributed by atoms with Gasteiger partial charge < -0.3 is 9.88 Å². The van der Waals surface area contributed by atoms with E-state index < -0.39 is 0 Å². The summed E-state index contributed by atoms with van der Waals surface area (Å²) in [6, 6.07) is 0. The first-order valence-corrected chi connectivity index (χ1v) is 6.53. The van der Waals surface area contributed by atoms with Crippen LogP contribution in [0.5, 0.6) is 0 Å². The fourth-order valence-corrected chi connectivity index (χ4v) is 2.54. The molecule has 0 atom stereocenters. The van der Waals surface area contributed by atoms with Crippen LogP contribution in [-0.2, 0) is 13.5 Å². The lowest BCUT2D eigenvalue weighted by Gasteiger charge is -2.21. The van der Waals surface area contributed by atoms with Crippen LogP contribution < -0.4 is 5.32 Å². The Bertz CT molecular complexity index is 300. The van der Waals surface area contributed by atoms with Crippen LogP contribution in [0.15, 0.2) is 12.4 Å². The van der Waals surface area contributed by atoms with Gasteiger partial charge in [0.1, 0.15) is 5.82 Å². The molecular weight excluding hydrogens is 198 g/mol. The lowest BCUT2D eigenvalue weighted by molar-refractivity contribution is 0.343. The summed E-state index contributed by atoms with van der Waals surface area (Å²) in [7, 11) is 2.06. The van der Waals surface area contributed by atoms with Gasteiger partial charge in [-0.3, -0.25) is 0 Å². The van der Waals surface area contributed by atoms with Crippen molar-refractivity contribution in [1.29, 1.82) is 0 Å². The molecule has 0 unspecified atom stereocenters. The Labute approximate surface area is 98.3 Å². The van der Waals surface area contributed by atoms with Crippen molar-refractivity contribution < 1.29 is 0 Å². The molecule has 3 heteroatoms. The molecule has 0 amide bonds. The second-order valence-electron chi connectivity index (χ2n) is 4.91. The summed E-state index contributed by atoms with van der Waals surface area (Å²) in [5.74, 6) is 2.10. The second kappa shape index (κ2) is 6.04. The number of hydrogen-bond donors (Lipinski definition) is 1. The molecular formula is C13H23N3. The van der Waals surface area contributed by atoms with Crippen LogP contribution >= 0.6 is 0 Å². The van der Waals surface area contributed by atoms with Gasteiger partial charge in [-0.1, -0.05) is 19.3 Å². The quantitative estimate of drug-likeness (QED) is 0.772. The van der Waals surface area contributed by atoms with Crippen molar-refractivity contribution in [3.05, 3.63) is 18.2 Å². The highest BCUT2D eigenvalue weighted by Gasteiger charge is 2.12. The summed E-state index contributed by atoms with van der Waals surface area (Å²) in [6.07, 6.45) is 12.1. The molecule has 1 N–H and O–H groups in total. The fourth-order valence-electron chi connectivity index (χ4n) is 2.54. The van der Waals surface area contributed by atoms with Crippen molar-refractivity contribution in [3.8, 4) is 0 Å². The number of hydrogen-bond acceptors (Lipinski definition) is 2. The number of aromatic nitrogens is 2. The molecule has 0 saturated heterocycles. The van der Waals surface area contributed by atoms with Crippen molar-refractivity contribution in [3.63, 3.8) is 0 Å². The van der Waals surface area contributed by atoms with Gasteiger partial charge in [-0.15, -0.1) is 0 Å². The van der Waals surface area contributed by atoms with Gasteiger partial charge >= 0.3 is 0 Å². The number of nitrogens with zero attached hydrogens (tertiary/aromatic N) is 2. The van der Waals surface area contributed by atoms with Gasteiger partial charge in [0.2, 0.25) is 0 Å². The maximum absolute atomic E-state index is 4.32. The van der Waals surface area contributed by atoms with E-state index in [1.807, 2.05) is 12.4 Å². The average molecular weight is 221 g/mol. The summed E-state index contributed by atoms with van der Waals surface area (Å²) in [4.78, 5) is 4.32. The summed E-state index contributed by atoms with van der Waals surface area (Å²) in [6.45, 7) is 2.26. The minimum absolute atomic E-state index is 0.926. The third kappa shape index (κ3) is 3.34. The smallest absolute Gasteiger partial charge is 0.109 e. The third-order valence-electron chi connectivity index (χ3n) is 3.60. The third-order valence-corrected chi connectivity index (χ3v) is 3.60. The highest BCUT2D eigenvalue weighted by atomic mass is 15.0. The van der Waals surface area contributed by atoms with Gasteiger partial charge in [-0.25, -0.2) is 4.98 Å². The maximum atomic E-state index is 4.32. The summed E-state index contributed by atoms with van der Waals surface area (Å²) in [5.41, 5.74) is 0. The molecule has 1 aliphatic rings. The van der Waals surface area contributed by atoms with Gasteiger partial charge in [0.15, 0.2) is 0 Å². The minimum Gasteiger partial charge on any atom is -0.338 e. The van der Waals surface area contributed by atoms with Crippen molar-refractivity contribution in [2.75, 3.05) is 13.1 Å². The Balaban J connectivity index is 1.59. The Morgan fingerprint density at radius 2 is 2.19 bits per heavy atom. The Morgan fingerprint density at radius 3 is 2.88 bits per heavy atom. The molecule has 90 valence electrons. The number of rotatable bonds is 5. The molecule has 1 heterocycles. The maximum Gasteiger partial charge on any atom is 0.109 e. The Morgan fingerprint density at radius 1 is 1.38 bits per heavy atom. The summed E-state index contributed by atoms with van der Waals surface area (Å²) in [5, 5.41) is 3.57. The van der Waals surface area contributed by atoms with Crippen molar-refractivity contribution >= 4 is 0 Å². The molecule has 1 aromatic rings. The first-order valence-electron chi connectivity index (χ1n) is 6.53. The van der Waals surface area contributed by atoms with Crippen molar-refractivity contribution in [2.24, 2.45) is 13.0 Å². The monoisotopic (exact) mass is 221 g/mol. The van der Waals surface area contributed by atoms with Crippen LogP contribution in [0, 0.1) is 5.92 Å². The summed E-state index contributed by atoms with van der Waals surface area (Å²) >= 11 is 0. The van der Waals surface area contributed by atoms with Crippen LogP contribution in [0.3, 0.4) is 0 Å². The van der Waals surface area contributed by atoms with Crippen molar-refractivity contribution in [2.45, 2.75) is 38.5 Å². The van der Waals surface area contributed by atoms with Gasteiger partial charge in [0.05, 0.1) is 0 Å². The first kappa shape index (κ1) is 11.6. The molecule has 0 radical (unpaired) electrons. The molecule has 1 saturated carbocycles. The van der Waals surface area contributed by atoms with Gasteiger partial charge in [-0.05, 0) is 25.3 Å². The van der Waals surface area contributed by atoms with Crippen LogP contribution in [0.4, 0.5) is 0 Å². The predicted octanol–water partition coefficient (Wildman–Crippen LogP) is 2.13. The van der Waals surface area contributed by atoms with E-state index in [2.05, 4.69) is 21.9 Å². The molecule has 0 bridgehead atoms. The van der Waals surface area contributed by atoms with E-state index >= 15 is 0 Å². The zero-order valence-electron chi connectivity index (χ0n) is 10.3. The lowest BCUT2D eigenvalue weighted by atomic mass is 9.89. The summed E-state index contributed by atoms with van der Waals surface area (Å²) < 4.78 is 2.10. The van der Waals surface area contributed by atoms with E-state index in [-0.39, 0.29) is 0 Å². The molecule has 0 aromatic carbocycles. The Hall–Kier alpha value is -0.830. The fraction of sp³-hybridized carbons (Fsp3) is 0.769. The molecule has 16 heavy (non-hydrogen) atoms. The normalized spacial score (nSPS) is 17.8. The molecule has 1 aliphatic carbocycles. The minimum atomic E-state index is 0.926. The van der Waals surface area contributed by atoms with Gasteiger partial charge in [-0.2, -0.15) is 0 Å². The molecule has 0 aliphatic heterocycles. The van der Waals surface area contributed by atoms with Crippen LogP contribution in [-0.4, -0.2) is 22.6 Å². The van der Waals surface area contributed by atoms with Gasteiger partial charge in [0.25, 0.3) is 0 Å². The molecule has 1 aromatic heterocycles. The van der Waals surface area contributed by atoms with E-state index in [9.17, 15) is 0 Å². The SMILES string of the molecule is Cn1ccnc1CCNCC1CCCCC1. The van der Waals surface area contributed by atoms with E-state index in [1.54, 1.807) is 0 Å². The molecule has 3 nitrogen and oxygen atoms in total. The molecule has 1 fully saturated rings. The predicted molar refractivity (Wildman–Crippen MR) is 66.4 cm³/mol. The van der Waals surface area contributed by atoms with E-state index in [1.165, 1.54) is 44.5 Å². The van der Waals surface area contributed by atoms with Crippen molar-refractivity contribution in [1.82, 2.24) is 14.9 Å². The van der Waals surface area contributed by atoms with E-state index in [0.29, 0.717) is 0 Å². The largest absolute Gasteiger partial charge is 0.338 e.